The van der Waals surface area contributed by atoms with Crippen LogP contribution < -0.4 is 0 Å². The molecule has 6 heteroatoms. The van der Waals surface area contributed by atoms with E-state index in [2.05, 4.69) is 0 Å². The Morgan fingerprint density at radius 1 is 1.16 bits per heavy atom. The third-order valence-corrected chi connectivity index (χ3v) is 2.98. The summed E-state index contributed by atoms with van der Waals surface area (Å²) in [6.07, 6.45) is -0.652. The van der Waals surface area contributed by atoms with Crippen LogP contribution in [0, 0.1) is 17.8 Å². The minimum atomic E-state index is -1.22. The van der Waals surface area contributed by atoms with Gasteiger partial charge in [0.25, 0.3) is 0 Å². The highest BCUT2D eigenvalue weighted by atomic mass is 16.6. The first kappa shape index (κ1) is 15.5. The molecule has 0 aliphatic carbocycles. The van der Waals surface area contributed by atoms with Crippen LogP contribution in [-0.4, -0.2) is 37.2 Å². The predicted octanol–water partition coefficient (Wildman–Crippen LogP) is 0.926. The second-order valence-corrected chi connectivity index (χ2v) is 4.65. The topological polar surface area (TPSA) is 78.9 Å². The minimum absolute atomic E-state index is 0.0854. The summed E-state index contributed by atoms with van der Waals surface area (Å²) in [5.74, 6) is -4.26. The molecule has 108 valence electrons. The SMILES string of the molecule is CCOC(=O)[C@H]1C(=O)O[C@@H](C(C)C)[C@@H]1C(=O)OCC. The highest BCUT2D eigenvalue weighted by Gasteiger charge is 2.55. The van der Waals surface area contributed by atoms with Crippen LogP contribution >= 0.6 is 0 Å². The number of hydrogen-bond donors (Lipinski definition) is 0. The summed E-state index contributed by atoms with van der Waals surface area (Å²) in [5.41, 5.74) is 0. The number of carbonyl (C=O) groups excluding carboxylic acids is 3. The van der Waals surface area contributed by atoms with Crippen molar-refractivity contribution in [2.75, 3.05) is 13.2 Å². The van der Waals surface area contributed by atoms with Crippen molar-refractivity contribution in [3.63, 3.8) is 0 Å². The second kappa shape index (κ2) is 6.54. The lowest BCUT2D eigenvalue weighted by Crippen LogP contribution is -2.38. The normalized spacial score (nSPS) is 26.2. The smallest absolute Gasteiger partial charge is 0.321 e. The minimum Gasteiger partial charge on any atom is -0.466 e. The number of carbonyl (C=O) groups is 3. The number of hydrogen-bond acceptors (Lipinski definition) is 6. The number of esters is 3. The lowest BCUT2D eigenvalue weighted by molar-refractivity contribution is -0.161. The number of cyclic esters (lactones) is 1. The van der Waals surface area contributed by atoms with E-state index in [9.17, 15) is 14.4 Å². The van der Waals surface area contributed by atoms with E-state index in [1.807, 2.05) is 13.8 Å². The summed E-state index contributed by atoms with van der Waals surface area (Å²) in [6.45, 7) is 7.26. The van der Waals surface area contributed by atoms with E-state index in [0.29, 0.717) is 0 Å². The van der Waals surface area contributed by atoms with Crippen molar-refractivity contribution < 1.29 is 28.6 Å². The molecular formula is C13H20O6. The maximum absolute atomic E-state index is 12.0. The molecule has 0 aromatic heterocycles. The first-order chi connectivity index (χ1) is 8.93. The van der Waals surface area contributed by atoms with Crippen LogP contribution in [0.5, 0.6) is 0 Å². The van der Waals surface area contributed by atoms with Gasteiger partial charge in [0.2, 0.25) is 0 Å². The van der Waals surface area contributed by atoms with Gasteiger partial charge in [0.1, 0.15) is 12.0 Å². The van der Waals surface area contributed by atoms with E-state index in [4.69, 9.17) is 14.2 Å². The predicted molar refractivity (Wildman–Crippen MR) is 65.0 cm³/mol. The third-order valence-electron chi connectivity index (χ3n) is 2.98. The van der Waals surface area contributed by atoms with Crippen LogP contribution in [0.2, 0.25) is 0 Å². The van der Waals surface area contributed by atoms with E-state index >= 15 is 0 Å². The van der Waals surface area contributed by atoms with E-state index < -0.39 is 35.8 Å². The Kier molecular flexibility index (Phi) is 5.32. The van der Waals surface area contributed by atoms with Crippen molar-refractivity contribution in [3.05, 3.63) is 0 Å². The lowest BCUT2D eigenvalue weighted by atomic mass is 9.85. The van der Waals surface area contributed by atoms with Crippen molar-refractivity contribution in [3.8, 4) is 0 Å². The molecule has 1 rings (SSSR count). The van der Waals surface area contributed by atoms with Crippen molar-refractivity contribution in [2.24, 2.45) is 17.8 Å². The maximum Gasteiger partial charge on any atom is 0.321 e. The summed E-state index contributed by atoms with van der Waals surface area (Å²) in [7, 11) is 0. The molecule has 1 heterocycles. The molecule has 19 heavy (non-hydrogen) atoms. The highest BCUT2D eigenvalue weighted by Crippen LogP contribution is 2.34. The molecule has 0 unspecified atom stereocenters. The summed E-state index contributed by atoms with van der Waals surface area (Å²) in [5, 5.41) is 0. The molecule has 0 radical (unpaired) electrons. The van der Waals surface area contributed by atoms with Crippen LogP contribution in [0.1, 0.15) is 27.7 Å². The monoisotopic (exact) mass is 272 g/mol. The lowest BCUT2D eigenvalue weighted by Gasteiger charge is -2.21. The average Bonchev–Trinajstić information content (AvgIpc) is 2.67. The summed E-state index contributed by atoms with van der Waals surface area (Å²) < 4.78 is 14.9. The molecule has 0 aromatic carbocycles. The van der Waals surface area contributed by atoms with Crippen molar-refractivity contribution in [2.45, 2.75) is 33.8 Å². The fourth-order valence-electron chi connectivity index (χ4n) is 2.15. The van der Waals surface area contributed by atoms with Gasteiger partial charge < -0.3 is 14.2 Å². The molecule has 1 saturated heterocycles. The van der Waals surface area contributed by atoms with Crippen LogP contribution in [0.4, 0.5) is 0 Å². The van der Waals surface area contributed by atoms with E-state index in [0.717, 1.165) is 0 Å². The van der Waals surface area contributed by atoms with Gasteiger partial charge in [-0.1, -0.05) is 13.8 Å². The Bertz CT molecular complexity index is 362. The Balaban J connectivity index is 3.00. The molecule has 0 saturated carbocycles. The second-order valence-electron chi connectivity index (χ2n) is 4.65. The maximum atomic E-state index is 12.0. The summed E-state index contributed by atoms with van der Waals surface area (Å²) in [4.78, 5) is 35.6. The molecular weight excluding hydrogens is 252 g/mol. The van der Waals surface area contributed by atoms with Crippen LogP contribution in [0.3, 0.4) is 0 Å². The van der Waals surface area contributed by atoms with E-state index in [1.54, 1.807) is 13.8 Å². The zero-order valence-electron chi connectivity index (χ0n) is 11.7. The largest absolute Gasteiger partial charge is 0.466 e. The standard InChI is InChI=1S/C13H20O6/c1-5-17-11(14)8-9(12(15)18-6-2)13(16)19-10(8)7(3)4/h7-10H,5-6H2,1-4H3/t8-,9+,10+/m1/s1. The Morgan fingerprint density at radius 3 is 2.16 bits per heavy atom. The fourth-order valence-corrected chi connectivity index (χ4v) is 2.15. The quantitative estimate of drug-likeness (QED) is 0.421. The van der Waals surface area contributed by atoms with Gasteiger partial charge in [-0.05, 0) is 19.8 Å². The molecule has 6 nitrogen and oxygen atoms in total. The van der Waals surface area contributed by atoms with Gasteiger partial charge in [0.15, 0.2) is 5.92 Å². The fraction of sp³-hybridized carbons (Fsp3) is 0.769. The molecule has 0 spiro atoms. The van der Waals surface area contributed by atoms with Gasteiger partial charge >= 0.3 is 17.9 Å². The van der Waals surface area contributed by atoms with Crippen molar-refractivity contribution >= 4 is 17.9 Å². The van der Waals surface area contributed by atoms with Crippen LogP contribution in [0.25, 0.3) is 0 Å². The molecule has 0 N–H and O–H groups in total. The number of rotatable bonds is 5. The van der Waals surface area contributed by atoms with Gasteiger partial charge in [-0.25, -0.2) is 0 Å². The Morgan fingerprint density at radius 2 is 1.68 bits per heavy atom. The zero-order chi connectivity index (χ0) is 14.6. The first-order valence-corrected chi connectivity index (χ1v) is 6.47. The summed E-state index contributed by atoms with van der Waals surface area (Å²) >= 11 is 0. The summed E-state index contributed by atoms with van der Waals surface area (Å²) in [6, 6.07) is 0. The molecule has 0 aromatic rings. The van der Waals surface area contributed by atoms with Gasteiger partial charge in [0, 0.05) is 0 Å². The first-order valence-electron chi connectivity index (χ1n) is 6.47. The highest BCUT2D eigenvalue weighted by molar-refractivity contribution is 6.01. The number of ether oxygens (including phenoxy) is 3. The van der Waals surface area contributed by atoms with Gasteiger partial charge in [0.05, 0.1) is 13.2 Å². The Labute approximate surface area is 112 Å². The van der Waals surface area contributed by atoms with Crippen molar-refractivity contribution in [1.82, 2.24) is 0 Å². The molecule has 1 aliphatic rings. The molecule has 1 aliphatic heterocycles. The van der Waals surface area contributed by atoms with Gasteiger partial charge in [-0.15, -0.1) is 0 Å². The molecule has 0 amide bonds. The van der Waals surface area contributed by atoms with Gasteiger partial charge in [-0.3, -0.25) is 14.4 Å². The molecule has 3 atom stereocenters. The third kappa shape index (κ3) is 3.24. The Hall–Kier alpha value is -1.59. The van der Waals surface area contributed by atoms with Crippen LogP contribution in [-0.2, 0) is 28.6 Å². The zero-order valence-corrected chi connectivity index (χ0v) is 11.7. The van der Waals surface area contributed by atoms with Crippen LogP contribution in [0.15, 0.2) is 0 Å². The van der Waals surface area contributed by atoms with Crippen molar-refractivity contribution in [1.29, 1.82) is 0 Å². The molecule has 0 bridgehead atoms. The average molecular weight is 272 g/mol. The molecule has 1 fully saturated rings. The van der Waals surface area contributed by atoms with Gasteiger partial charge in [-0.2, -0.15) is 0 Å². The van der Waals surface area contributed by atoms with E-state index in [1.165, 1.54) is 0 Å². The van der Waals surface area contributed by atoms with E-state index in [-0.39, 0.29) is 19.1 Å².